The molecule has 0 saturated heterocycles. The maximum atomic E-state index is 10.2. The highest BCUT2D eigenvalue weighted by Crippen LogP contribution is 2.17. The van der Waals surface area contributed by atoms with Gasteiger partial charge in [-0.3, -0.25) is 0 Å². The van der Waals surface area contributed by atoms with Gasteiger partial charge in [0, 0.05) is 0 Å². The predicted molar refractivity (Wildman–Crippen MR) is 73.8 cm³/mol. The molecule has 0 radical (unpaired) electrons. The number of hydrogen-bond donors (Lipinski definition) is 0. The van der Waals surface area contributed by atoms with Crippen LogP contribution < -0.4 is 4.74 Å². The number of ether oxygens (including phenoxy) is 1. The van der Waals surface area contributed by atoms with E-state index in [9.17, 15) is 4.79 Å². The van der Waals surface area contributed by atoms with Gasteiger partial charge in [-0.2, -0.15) is 4.99 Å². The van der Waals surface area contributed by atoms with Crippen LogP contribution in [0.3, 0.4) is 0 Å². The Morgan fingerprint density at radius 1 is 1.11 bits per heavy atom. The van der Waals surface area contributed by atoms with E-state index in [4.69, 9.17) is 4.74 Å². The topological polar surface area (TPSA) is 38.7 Å². The third kappa shape index (κ3) is 3.80. The van der Waals surface area contributed by atoms with Crippen LogP contribution in [0.5, 0.6) is 5.75 Å². The monoisotopic (exact) mass is 253 g/mol. The molecule has 0 heterocycles. The van der Waals surface area contributed by atoms with Crippen molar-refractivity contribution in [3.05, 3.63) is 65.7 Å². The lowest BCUT2D eigenvalue weighted by Crippen LogP contribution is -1.96. The molecule has 0 amide bonds. The molecule has 3 nitrogen and oxygen atoms in total. The van der Waals surface area contributed by atoms with E-state index < -0.39 is 0 Å². The minimum atomic E-state index is -0.151. The molecular weight excluding hydrogens is 238 g/mol. The lowest BCUT2D eigenvalue weighted by molar-refractivity contribution is 0.306. The molecule has 1 unspecified atom stereocenters. The fraction of sp³-hybridized carbons (Fsp3) is 0.188. The molecule has 0 aliphatic carbocycles. The average molecular weight is 253 g/mol. The third-order valence-electron chi connectivity index (χ3n) is 2.86. The summed E-state index contributed by atoms with van der Waals surface area (Å²) in [4.78, 5) is 13.9. The lowest BCUT2D eigenvalue weighted by Gasteiger charge is -2.08. The van der Waals surface area contributed by atoms with Crippen molar-refractivity contribution < 1.29 is 9.53 Å². The van der Waals surface area contributed by atoms with E-state index in [1.165, 1.54) is 0 Å². The van der Waals surface area contributed by atoms with Crippen molar-refractivity contribution in [2.45, 2.75) is 19.6 Å². The zero-order chi connectivity index (χ0) is 13.5. The Hall–Kier alpha value is -2.38. The van der Waals surface area contributed by atoms with Crippen molar-refractivity contribution >= 4 is 6.08 Å². The zero-order valence-electron chi connectivity index (χ0n) is 10.7. The average Bonchev–Trinajstić information content (AvgIpc) is 2.47. The number of para-hydroxylation sites is 1. The first-order valence-corrected chi connectivity index (χ1v) is 6.13. The summed E-state index contributed by atoms with van der Waals surface area (Å²) in [5.41, 5.74) is 2.07. The van der Waals surface area contributed by atoms with E-state index in [2.05, 4.69) is 4.99 Å². The first-order chi connectivity index (χ1) is 9.29. The van der Waals surface area contributed by atoms with Crippen LogP contribution in [0.2, 0.25) is 0 Å². The highest BCUT2D eigenvalue weighted by molar-refractivity contribution is 5.35. The van der Waals surface area contributed by atoms with Gasteiger partial charge in [0.25, 0.3) is 0 Å². The van der Waals surface area contributed by atoms with E-state index in [0.29, 0.717) is 6.61 Å². The van der Waals surface area contributed by atoms with Gasteiger partial charge >= 0.3 is 0 Å². The molecule has 0 aromatic heterocycles. The Labute approximate surface area is 112 Å². The van der Waals surface area contributed by atoms with Crippen molar-refractivity contribution in [3.8, 4) is 5.75 Å². The predicted octanol–water partition coefficient (Wildman–Crippen LogP) is 3.66. The van der Waals surface area contributed by atoms with E-state index in [-0.39, 0.29) is 6.04 Å². The fourth-order valence-electron chi connectivity index (χ4n) is 1.73. The SMILES string of the molecule is CC(N=C=O)c1ccc(COc2ccccc2)cc1. The van der Waals surface area contributed by atoms with E-state index in [1.807, 2.05) is 61.5 Å². The van der Waals surface area contributed by atoms with Gasteiger partial charge in [0.1, 0.15) is 12.4 Å². The van der Waals surface area contributed by atoms with Gasteiger partial charge in [-0.05, 0) is 30.2 Å². The Morgan fingerprint density at radius 2 is 1.79 bits per heavy atom. The molecule has 0 fully saturated rings. The van der Waals surface area contributed by atoms with Gasteiger partial charge in [-0.25, -0.2) is 4.79 Å². The zero-order valence-corrected chi connectivity index (χ0v) is 10.7. The molecule has 0 N–H and O–H groups in total. The minimum Gasteiger partial charge on any atom is -0.489 e. The van der Waals surface area contributed by atoms with Gasteiger partial charge in [-0.15, -0.1) is 0 Å². The molecule has 0 bridgehead atoms. The van der Waals surface area contributed by atoms with Crippen LogP contribution in [0.15, 0.2) is 59.6 Å². The first kappa shape index (κ1) is 13.1. The summed E-state index contributed by atoms with van der Waals surface area (Å²) in [6.07, 6.45) is 1.58. The molecule has 0 aliphatic heterocycles. The quantitative estimate of drug-likeness (QED) is 0.602. The molecule has 3 heteroatoms. The number of hydrogen-bond acceptors (Lipinski definition) is 3. The maximum absolute atomic E-state index is 10.2. The normalized spacial score (nSPS) is 11.4. The summed E-state index contributed by atoms with van der Waals surface area (Å²) in [7, 11) is 0. The van der Waals surface area contributed by atoms with Gasteiger partial charge in [0.05, 0.1) is 6.04 Å². The van der Waals surface area contributed by atoms with Crippen LogP contribution in [-0.2, 0) is 11.4 Å². The molecule has 1 atom stereocenters. The Kier molecular flexibility index (Phi) is 4.49. The summed E-state index contributed by atoms with van der Waals surface area (Å²) in [6, 6.07) is 17.4. The van der Waals surface area contributed by atoms with Gasteiger partial charge in [0.2, 0.25) is 6.08 Å². The Morgan fingerprint density at radius 3 is 2.42 bits per heavy atom. The largest absolute Gasteiger partial charge is 0.489 e. The Bertz CT molecular complexity index is 557. The number of nitrogens with zero attached hydrogens (tertiary/aromatic N) is 1. The third-order valence-corrected chi connectivity index (χ3v) is 2.86. The number of isocyanates is 1. The van der Waals surface area contributed by atoms with Gasteiger partial charge < -0.3 is 4.74 Å². The molecule has 0 aliphatic rings. The fourth-order valence-corrected chi connectivity index (χ4v) is 1.73. The van der Waals surface area contributed by atoms with Crippen molar-refractivity contribution in [2.75, 3.05) is 0 Å². The first-order valence-electron chi connectivity index (χ1n) is 6.13. The molecule has 2 rings (SSSR count). The van der Waals surface area contributed by atoms with Crippen LogP contribution in [-0.4, -0.2) is 6.08 Å². The summed E-state index contributed by atoms with van der Waals surface area (Å²) < 4.78 is 5.65. The summed E-state index contributed by atoms with van der Waals surface area (Å²) in [6.45, 7) is 2.38. The molecule has 2 aromatic rings. The number of aliphatic imine (C=N–C) groups is 1. The molecule has 96 valence electrons. The van der Waals surface area contributed by atoms with Crippen molar-refractivity contribution in [1.29, 1.82) is 0 Å². The second-order valence-corrected chi connectivity index (χ2v) is 4.24. The second-order valence-electron chi connectivity index (χ2n) is 4.24. The van der Waals surface area contributed by atoms with Crippen LogP contribution in [0, 0.1) is 0 Å². The highest BCUT2D eigenvalue weighted by atomic mass is 16.5. The van der Waals surface area contributed by atoms with Gasteiger partial charge in [-0.1, -0.05) is 42.5 Å². The van der Waals surface area contributed by atoms with Crippen molar-refractivity contribution in [1.82, 2.24) is 0 Å². The molecule has 0 spiro atoms. The summed E-state index contributed by atoms with van der Waals surface area (Å²) in [5, 5.41) is 0. The maximum Gasteiger partial charge on any atom is 0.235 e. The van der Waals surface area contributed by atoms with E-state index in [1.54, 1.807) is 6.08 Å². The number of benzene rings is 2. The molecule has 2 aromatic carbocycles. The number of rotatable bonds is 5. The minimum absolute atomic E-state index is 0.151. The van der Waals surface area contributed by atoms with Crippen molar-refractivity contribution in [2.24, 2.45) is 4.99 Å². The number of carbonyl (C=O) groups excluding carboxylic acids is 1. The highest BCUT2D eigenvalue weighted by Gasteiger charge is 2.03. The molecule has 0 saturated carbocycles. The summed E-state index contributed by atoms with van der Waals surface area (Å²) >= 11 is 0. The van der Waals surface area contributed by atoms with Crippen LogP contribution in [0.1, 0.15) is 24.1 Å². The van der Waals surface area contributed by atoms with E-state index >= 15 is 0 Å². The van der Waals surface area contributed by atoms with Crippen LogP contribution >= 0.6 is 0 Å². The smallest absolute Gasteiger partial charge is 0.235 e. The van der Waals surface area contributed by atoms with E-state index in [0.717, 1.165) is 16.9 Å². The second kappa shape index (κ2) is 6.53. The van der Waals surface area contributed by atoms with Crippen LogP contribution in [0.25, 0.3) is 0 Å². The molecular formula is C16H15NO2. The molecule has 19 heavy (non-hydrogen) atoms. The lowest BCUT2D eigenvalue weighted by atomic mass is 10.1. The Balaban J connectivity index is 1.97. The van der Waals surface area contributed by atoms with Crippen LogP contribution in [0.4, 0.5) is 0 Å². The van der Waals surface area contributed by atoms with Gasteiger partial charge in [0.15, 0.2) is 0 Å². The van der Waals surface area contributed by atoms with Crippen molar-refractivity contribution in [3.63, 3.8) is 0 Å². The standard InChI is InChI=1S/C16H15NO2/c1-13(17-12-18)15-9-7-14(8-10-15)11-19-16-5-3-2-4-6-16/h2-10,13H,11H2,1H3. The summed E-state index contributed by atoms with van der Waals surface area (Å²) in [5.74, 6) is 0.852.